The maximum atomic E-state index is 12.4. The molecule has 0 atom stereocenters. The van der Waals surface area contributed by atoms with Crippen LogP contribution in [0.3, 0.4) is 0 Å². The summed E-state index contributed by atoms with van der Waals surface area (Å²) in [4.78, 5) is 26.4. The van der Waals surface area contributed by atoms with E-state index in [0.717, 1.165) is 5.56 Å². The third-order valence-corrected chi connectivity index (χ3v) is 5.49. The molecule has 136 valence electrons. The normalized spacial score (nSPS) is 15.5. The number of likely N-dealkylation sites (tertiary alicyclic amines) is 1. The summed E-state index contributed by atoms with van der Waals surface area (Å²) in [6.45, 7) is 3.03. The van der Waals surface area contributed by atoms with E-state index in [0.29, 0.717) is 43.7 Å². The Balaban J connectivity index is 1.42. The fourth-order valence-corrected chi connectivity index (χ4v) is 3.94. The van der Waals surface area contributed by atoms with Gasteiger partial charge in [-0.25, -0.2) is 4.79 Å². The number of furan rings is 1. The second kappa shape index (κ2) is 6.95. The Morgan fingerprint density at radius 3 is 2.81 bits per heavy atom. The Labute approximate surface area is 153 Å². The molecular formula is C18H19N3O4S. The quantitative estimate of drug-likeness (QED) is 0.702. The molecule has 4 rings (SSSR count). The van der Waals surface area contributed by atoms with Crippen LogP contribution in [0.1, 0.15) is 30.2 Å². The number of rotatable bonds is 4. The molecule has 1 amide bonds. The number of aromatic nitrogens is 2. The Morgan fingerprint density at radius 1 is 1.35 bits per heavy atom. The molecule has 1 aliphatic heterocycles. The van der Waals surface area contributed by atoms with Gasteiger partial charge in [0.25, 0.3) is 5.89 Å². The van der Waals surface area contributed by atoms with Gasteiger partial charge in [0.2, 0.25) is 5.91 Å². The SMILES string of the molecule is Cc1occc1-c1nn(C2CCN(C(=O)Cc3ccsc3)CC2)c(=O)o1. The van der Waals surface area contributed by atoms with Crippen LogP contribution >= 0.6 is 11.3 Å². The topological polar surface area (TPSA) is 81.5 Å². The third kappa shape index (κ3) is 3.24. The minimum atomic E-state index is -0.469. The van der Waals surface area contributed by atoms with Crippen LogP contribution in [-0.2, 0) is 11.2 Å². The summed E-state index contributed by atoms with van der Waals surface area (Å²) in [5.41, 5.74) is 1.74. The summed E-state index contributed by atoms with van der Waals surface area (Å²) in [6, 6.07) is 3.65. The van der Waals surface area contributed by atoms with E-state index in [4.69, 9.17) is 8.83 Å². The first-order valence-corrected chi connectivity index (χ1v) is 9.49. The molecule has 0 saturated carbocycles. The zero-order valence-corrected chi connectivity index (χ0v) is 15.2. The lowest BCUT2D eigenvalue weighted by atomic mass is 10.0. The number of aryl methyl sites for hydroxylation is 1. The molecule has 0 bridgehead atoms. The van der Waals surface area contributed by atoms with Crippen molar-refractivity contribution in [2.75, 3.05) is 13.1 Å². The maximum Gasteiger partial charge on any atom is 0.437 e. The lowest BCUT2D eigenvalue weighted by Crippen LogP contribution is -2.41. The highest BCUT2D eigenvalue weighted by Gasteiger charge is 2.27. The molecule has 3 aromatic rings. The number of hydrogen-bond donors (Lipinski definition) is 0. The number of nitrogens with zero attached hydrogens (tertiary/aromatic N) is 3. The summed E-state index contributed by atoms with van der Waals surface area (Å²) in [5, 5.41) is 8.32. The van der Waals surface area contributed by atoms with E-state index in [9.17, 15) is 9.59 Å². The molecule has 0 N–H and O–H groups in total. The highest BCUT2D eigenvalue weighted by Crippen LogP contribution is 2.25. The summed E-state index contributed by atoms with van der Waals surface area (Å²) >= 11 is 1.60. The molecule has 0 unspecified atom stereocenters. The molecule has 0 aliphatic carbocycles. The number of piperidine rings is 1. The fraction of sp³-hybridized carbons (Fsp3) is 0.389. The molecule has 1 fully saturated rings. The number of carbonyl (C=O) groups excluding carboxylic acids is 1. The molecule has 8 heteroatoms. The minimum Gasteiger partial charge on any atom is -0.469 e. The van der Waals surface area contributed by atoms with E-state index >= 15 is 0 Å². The average molecular weight is 373 g/mol. The standard InChI is InChI=1S/C18H19N3O4S/c1-12-15(4-8-24-12)17-19-21(18(23)25-17)14-2-6-20(7-3-14)16(22)10-13-5-9-26-11-13/h4-5,8-9,11,14H,2-3,6-7,10H2,1H3. The predicted octanol–water partition coefficient (Wildman–Crippen LogP) is 2.87. The van der Waals surface area contributed by atoms with Gasteiger partial charge >= 0.3 is 5.76 Å². The van der Waals surface area contributed by atoms with Crippen molar-refractivity contribution in [3.8, 4) is 11.5 Å². The van der Waals surface area contributed by atoms with Gasteiger partial charge in [0, 0.05) is 13.1 Å². The first kappa shape index (κ1) is 16.8. The highest BCUT2D eigenvalue weighted by atomic mass is 32.1. The van der Waals surface area contributed by atoms with Gasteiger partial charge in [-0.15, -0.1) is 5.10 Å². The number of carbonyl (C=O) groups is 1. The zero-order chi connectivity index (χ0) is 18.1. The molecule has 7 nitrogen and oxygen atoms in total. The van der Waals surface area contributed by atoms with Crippen LogP contribution in [0, 0.1) is 6.92 Å². The van der Waals surface area contributed by atoms with E-state index in [1.807, 2.05) is 21.7 Å². The number of amides is 1. The van der Waals surface area contributed by atoms with Crippen LogP contribution in [0.4, 0.5) is 0 Å². The molecule has 26 heavy (non-hydrogen) atoms. The van der Waals surface area contributed by atoms with E-state index in [2.05, 4.69) is 5.10 Å². The van der Waals surface area contributed by atoms with Crippen molar-refractivity contribution in [1.29, 1.82) is 0 Å². The summed E-state index contributed by atoms with van der Waals surface area (Å²) in [6.07, 6.45) is 3.35. The smallest absolute Gasteiger partial charge is 0.437 e. The maximum absolute atomic E-state index is 12.4. The van der Waals surface area contributed by atoms with Gasteiger partial charge in [-0.1, -0.05) is 0 Å². The Bertz CT molecular complexity index is 945. The largest absolute Gasteiger partial charge is 0.469 e. The molecule has 0 spiro atoms. The third-order valence-electron chi connectivity index (χ3n) is 4.76. The molecule has 0 aromatic carbocycles. The monoisotopic (exact) mass is 373 g/mol. The van der Waals surface area contributed by atoms with E-state index in [1.165, 1.54) is 4.68 Å². The van der Waals surface area contributed by atoms with Crippen LogP contribution in [0.5, 0.6) is 0 Å². The lowest BCUT2D eigenvalue weighted by molar-refractivity contribution is -0.131. The molecule has 1 aliphatic rings. The summed E-state index contributed by atoms with van der Waals surface area (Å²) in [5.74, 6) is 0.595. The van der Waals surface area contributed by atoms with Gasteiger partial charge in [-0.2, -0.15) is 16.0 Å². The van der Waals surface area contributed by atoms with Crippen LogP contribution < -0.4 is 5.76 Å². The lowest BCUT2D eigenvalue weighted by Gasteiger charge is -2.31. The van der Waals surface area contributed by atoms with Gasteiger partial charge in [0.1, 0.15) is 5.76 Å². The Hall–Kier alpha value is -2.61. The first-order valence-electron chi connectivity index (χ1n) is 8.55. The second-order valence-corrected chi connectivity index (χ2v) is 7.21. The minimum absolute atomic E-state index is 0.0580. The van der Waals surface area contributed by atoms with E-state index < -0.39 is 5.76 Å². The van der Waals surface area contributed by atoms with Crippen molar-refractivity contribution in [2.24, 2.45) is 0 Å². The van der Waals surface area contributed by atoms with Crippen molar-refractivity contribution in [3.63, 3.8) is 0 Å². The van der Waals surface area contributed by atoms with Gasteiger partial charge in [0.15, 0.2) is 0 Å². The average Bonchev–Trinajstić information content (AvgIpc) is 3.37. The van der Waals surface area contributed by atoms with E-state index in [1.54, 1.807) is 30.6 Å². The summed E-state index contributed by atoms with van der Waals surface area (Å²) < 4.78 is 11.9. The fourth-order valence-electron chi connectivity index (χ4n) is 3.27. The number of hydrogen-bond acceptors (Lipinski definition) is 6. The Morgan fingerprint density at radius 2 is 2.15 bits per heavy atom. The van der Waals surface area contributed by atoms with Gasteiger partial charge in [0.05, 0.1) is 24.3 Å². The second-order valence-electron chi connectivity index (χ2n) is 6.43. The van der Waals surface area contributed by atoms with Crippen molar-refractivity contribution in [3.05, 3.63) is 51.0 Å². The first-order chi connectivity index (χ1) is 12.6. The van der Waals surface area contributed by atoms with Gasteiger partial charge in [-0.3, -0.25) is 4.79 Å². The number of thiophene rings is 1. The van der Waals surface area contributed by atoms with Gasteiger partial charge in [-0.05, 0) is 48.2 Å². The van der Waals surface area contributed by atoms with Gasteiger partial charge < -0.3 is 13.7 Å². The van der Waals surface area contributed by atoms with Crippen LogP contribution in [-0.4, -0.2) is 33.7 Å². The highest BCUT2D eigenvalue weighted by molar-refractivity contribution is 7.08. The van der Waals surface area contributed by atoms with Crippen molar-refractivity contribution in [1.82, 2.24) is 14.7 Å². The Kier molecular flexibility index (Phi) is 4.50. The van der Waals surface area contributed by atoms with Crippen LogP contribution in [0.15, 0.2) is 42.8 Å². The molecule has 0 radical (unpaired) electrons. The molecule has 4 heterocycles. The van der Waals surface area contributed by atoms with Crippen LogP contribution in [0.2, 0.25) is 0 Å². The molecule has 1 saturated heterocycles. The summed E-state index contributed by atoms with van der Waals surface area (Å²) in [7, 11) is 0. The predicted molar refractivity (Wildman–Crippen MR) is 96.1 cm³/mol. The van der Waals surface area contributed by atoms with Crippen molar-refractivity contribution in [2.45, 2.75) is 32.2 Å². The van der Waals surface area contributed by atoms with Crippen molar-refractivity contribution >= 4 is 17.2 Å². The zero-order valence-electron chi connectivity index (χ0n) is 14.4. The van der Waals surface area contributed by atoms with E-state index in [-0.39, 0.29) is 17.8 Å². The molecular weight excluding hydrogens is 354 g/mol. The van der Waals surface area contributed by atoms with Crippen molar-refractivity contribution < 1.29 is 13.6 Å². The molecule has 3 aromatic heterocycles. The van der Waals surface area contributed by atoms with Crippen LogP contribution in [0.25, 0.3) is 11.5 Å².